The van der Waals surface area contributed by atoms with Gasteiger partial charge in [-0.1, -0.05) is 41.9 Å². The van der Waals surface area contributed by atoms with Gasteiger partial charge in [0.1, 0.15) is 0 Å². The summed E-state index contributed by atoms with van der Waals surface area (Å²) in [6.45, 7) is 0. The molecule has 23 heavy (non-hydrogen) atoms. The number of carboxylic acids is 1. The van der Waals surface area contributed by atoms with Crippen LogP contribution in [-0.2, 0) is 11.2 Å². The van der Waals surface area contributed by atoms with Crippen molar-refractivity contribution in [3.8, 4) is 0 Å². The smallest absolute Gasteiger partial charge is 0.337 e. The number of anilines is 1. The number of carbonyl (C=O) groups is 2. The quantitative estimate of drug-likeness (QED) is 0.695. The second-order valence-corrected chi connectivity index (χ2v) is 5.86. The summed E-state index contributed by atoms with van der Waals surface area (Å²) in [5.41, 5.74) is 1.21. The van der Waals surface area contributed by atoms with Gasteiger partial charge in [0.25, 0.3) is 0 Å². The van der Waals surface area contributed by atoms with Crippen molar-refractivity contribution >= 4 is 41.8 Å². The third-order valence-electron chi connectivity index (χ3n) is 3.39. The fraction of sp³-hybridized carbons (Fsp3) is 0.176. The molecule has 2 N–H and O–H groups in total. The molecule has 6 heteroatoms. The van der Waals surface area contributed by atoms with Crippen molar-refractivity contribution in [1.82, 2.24) is 0 Å². The summed E-state index contributed by atoms with van der Waals surface area (Å²) in [6, 6.07) is 13.9. The zero-order valence-electron chi connectivity index (χ0n) is 12.2. The molecule has 4 nitrogen and oxygen atoms in total. The Morgan fingerprint density at radius 2 is 1.87 bits per heavy atom. The van der Waals surface area contributed by atoms with E-state index < -0.39 is 5.97 Å². The van der Waals surface area contributed by atoms with E-state index in [2.05, 4.69) is 17.9 Å². The van der Waals surface area contributed by atoms with Gasteiger partial charge in [-0.05, 0) is 30.2 Å². The molecule has 0 aliphatic rings. The first kappa shape index (κ1) is 17.4. The fourth-order valence-corrected chi connectivity index (χ4v) is 2.64. The number of thiol groups is 1. The maximum Gasteiger partial charge on any atom is 0.337 e. The highest BCUT2D eigenvalue weighted by atomic mass is 35.5. The summed E-state index contributed by atoms with van der Waals surface area (Å²) in [4.78, 5) is 23.7. The van der Waals surface area contributed by atoms with E-state index in [0.29, 0.717) is 17.2 Å². The lowest BCUT2D eigenvalue weighted by atomic mass is 10.00. The Hall–Kier alpha value is -1.98. The summed E-state index contributed by atoms with van der Waals surface area (Å²) in [5, 5.41) is 12.2. The first-order chi connectivity index (χ1) is 11.0. The van der Waals surface area contributed by atoms with Gasteiger partial charge in [0.2, 0.25) is 5.91 Å². The zero-order chi connectivity index (χ0) is 16.8. The highest BCUT2D eigenvalue weighted by Crippen LogP contribution is 2.22. The minimum absolute atomic E-state index is 0.0384. The number of amides is 1. The third-order valence-corrected chi connectivity index (χ3v) is 4.06. The van der Waals surface area contributed by atoms with Crippen LogP contribution in [0.1, 0.15) is 15.9 Å². The molecule has 0 saturated carbocycles. The van der Waals surface area contributed by atoms with E-state index >= 15 is 0 Å². The minimum Gasteiger partial charge on any atom is -0.478 e. The van der Waals surface area contributed by atoms with Crippen LogP contribution in [0, 0.1) is 5.92 Å². The lowest BCUT2D eigenvalue weighted by Crippen LogP contribution is -2.27. The molecule has 0 spiro atoms. The maximum atomic E-state index is 12.4. The molecular formula is C17H16ClNO3S. The van der Waals surface area contributed by atoms with Crippen LogP contribution < -0.4 is 5.32 Å². The number of carboxylic acid groups (broad SMARTS) is 1. The first-order valence-electron chi connectivity index (χ1n) is 6.99. The summed E-state index contributed by atoms with van der Waals surface area (Å²) < 4.78 is 0. The Morgan fingerprint density at radius 1 is 1.17 bits per heavy atom. The van der Waals surface area contributed by atoms with Crippen molar-refractivity contribution in [2.75, 3.05) is 11.1 Å². The lowest BCUT2D eigenvalue weighted by Gasteiger charge is -2.16. The number of hydrogen-bond donors (Lipinski definition) is 3. The van der Waals surface area contributed by atoms with Crippen molar-refractivity contribution in [1.29, 1.82) is 0 Å². The van der Waals surface area contributed by atoms with Crippen LogP contribution in [0.3, 0.4) is 0 Å². The fourth-order valence-electron chi connectivity index (χ4n) is 2.18. The van der Waals surface area contributed by atoms with Gasteiger partial charge in [-0.15, -0.1) is 0 Å². The maximum absolute atomic E-state index is 12.4. The summed E-state index contributed by atoms with van der Waals surface area (Å²) in [5.74, 6) is -1.42. The summed E-state index contributed by atoms with van der Waals surface area (Å²) >= 11 is 10.0. The van der Waals surface area contributed by atoms with Gasteiger partial charge in [0.05, 0.1) is 17.2 Å². The van der Waals surface area contributed by atoms with E-state index in [1.807, 2.05) is 30.3 Å². The predicted molar refractivity (Wildman–Crippen MR) is 94.5 cm³/mol. The number of aromatic carboxylic acids is 1. The van der Waals surface area contributed by atoms with E-state index in [-0.39, 0.29) is 23.1 Å². The highest BCUT2D eigenvalue weighted by Gasteiger charge is 2.20. The largest absolute Gasteiger partial charge is 0.478 e. The zero-order valence-corrected chi connectivity index (χ0v) is 13.8. The topological polar surface area (TPSA) is 66.4 Å². The molecule has 2 aromatic carbocycles. The molecule has 0 saturated heterocycles. The molecule has 0 aliphatic carbocycles. The molecule has 0 fully saturated rings. The van der Waals surface area contributed by atoms with Crippen molar-refractivity contribution in [3.05, 3.63) is 64.7 Å². The second-order valence-electron chi connectivity index (χ2n) is 5.05. The summed E-state index contributed by atoms with van der Waals surface area (Å²) in [6.07, 6.45) is 0.534. The van der Waals surface area contributed by atoms with Gasteiger partial charge in [0.15, 0.2) is 0 Å². The van der Waals surface area contributed by atoms with Crippen LogP contribution in [-0.4, -0.2) is 22.7 Å². The molecule has 0 aliphatic heterocycles. The number of hydrogen-bond acceptors (Lipinski definition) is 3. The van der Waals surface area contributed by atoms with Gasteiger partial charge in [0, 0.05) is 10.8 Å². The van der Waals surface area contributed by atoms with Gasteiger partial charge in [-0.3, -0.25) is 4.79 Å². The standard InChI is InChI=1S/C17H16ClNO3S/c18-13-6-7-15(14(9-13)17(21)22)19-16(20)12(10-23)8-11-4-2-1-3-5-11/h1-7,9,12,23H,8,10H2,(H,19,20)(H,21,22). The van der Waals surface area contributed by atoms with E-state index in [4.69, 9.17) is 11.6 Å². The molecule has 1 amide bonds. The molecular weight excluding hydrogens is 334 g/mol. The van der Waals surface area contributed by atoms with Crippen LogP contribution in [0.4, 0.5) is 5.69 Å². The monoisotopic (exact) mass is 349 g/mol. The Morgan fingerprint density at radius 3 is 2.48 bits per heavy atom. The molecule has 0 aromatic heterocycles. The van der Waals surface area contributed by atoms with Crippen molar-refractivity contribution in [2.24, 2.45) is 5.92 Å². The molecule has 0 heterocycles. The molecule has 1 atom stereocenters. The van der Waals surface area contributed by atoms with Crippen LogP contribution >= 0.6 is 24.2 Å². The van der Waals surface area contributed by atoms with Crippen LogP contribution in [0.15, 0.2) is 48.5 Å². The van der Waals surface area contributed by atoms with Crippen LogP contribution in [0.2, 0.25) is 5.02 Å². The summed E-state index contributed by atoms with van der Waals surface area (Å²) in [7, 11) is 0. The van der Waals surface area contributed by atoms with Crippen molar-refractivity contribution in [3.63, 3.8) is 0 Å². The van der Waals surface area contributed by atoms with Crippen molar-refractivity contribution < 1.29 is 14.7 Å². The molecule has 0 bridgehead atoms. The second kappa shape index (κ2) is 8.04. The van der Waals surface area contributed by atoms with Crippen LogP contribution in [0.5, 0.6) is 0 Å². The Labute approximate surface area is 144 Å². The normalized spacial score (nSPS) is 11.7. The van der Waals surface area contributed by atoms with E-state index in [0.717, 1.165) is 5.56 Å². The van der Waals surface area contributed by atoms with Crippen molar-refractivity contribution in [2.45, 2.75) is 6.42 Å². The Kier molecular flexibility index (Phi) is 6.07. The van der Waals surface area contributed by atoms with Gasteiger partial charge in [-0.25, -0.2) is 4.79 Å². The Balaban J connectivity index is 2.15. The Bertz CT molecular complexity index is 706. The minimum atomic E-state index is -1.15. The highest BCUT2D eigenvalue weighted by molar-refractivity contribution is 7.80. The van der Waals surface area contributed by atoms with Gasteiger partial charge < -0.3 is 10.4 Å². The van der Waals surface area contributed by atoms with Crippen LogP contribution in [0.25, 0.3) is 0 Å². The van der Waals surface area contributed by atoms with E-state index in [1.165, 1.54) is 18.2 Å². The predicted octanol–water partition coefficient (Wildman–Crippen LogP) is 3.77. The third kappa shape index (κ3) is 4.74. The lowest BCUT2D eigenvalue weighted by molar-refractivity contribution is -0.119. The molecule has 120 valence electrons. The molecule has 0 radical (unpaired) electrons. The first-order valence-corrected chi connectivity index (χ1v) is 8.00. The number of benzene rings is 2. The molecule has 2 aromatic rings. The average molecular weight is 350 g/mol. The van der Waals surface area contributed by atoms with E-state index in [9.17, 15) is 14.7 Å². The average Bonchev–Trinajstić information content (AvgIpc) is 2.55. The SMILES string of the molecule is O=C(O)c1cc(Cl)ccc1NC(=O)C(CS)Cc1ccccc1. The molecule has 2 rings (SSSR count). The number of carbonyl (C=O) groups excluding carboxylic acids is 1. The number of nitrogens with one attached hydrogen (secondary N) is 1. The van der Waals surface area contributed by atoms with Gasteiger partial charge >= 0.3 is 5.97 Å². The molecule has 1 unspecified atom stereocenters. The number of rotatable bonds is 6. The van der Waals surface area contributed by atoms with Gasteiger partial charge in [-0.2, -0.15) is 12.6 Å². The van der Waals surface area contributed by atoms with E-state index in [1.54, 1.807) is 0 Å². The number of halogens is 1.